The maximum Gasteiger partial charge on any atom is 0.277 e. The van der Waals surface area contributed by atoms with Crippen LogP contribution in [-0.2, 0) is 4.79 Å². The predicted molar refractivity (Wildman–Crippen MR) is 71.1 cm³/mol. The summed E-state index contributed by atoms with van der Waals surface area (Å²) in [6, 6.07) is 6.39. The van der Waals surface area contributed by atoms with Crippen molar-refractivity contribution in [3.8, 4) is 0 Å². The Morgan fingerprint density at radius 1 is 1.50 bits per heavy atom. The van der Waals surface area contributed by atoms with Crippen molar-refractivity contribution in [1.82, 2.24) is 5.32 Å². The minimum absolute atomic E-state index is 0.0698. The summed E-state index contributed by atoms with van der Waals surface area (Å²) in [5.74, 6) is 0.660. The average molecular weight is 264 g/mol. The fourth-order valence-electron chi connectivity index (χ4n) is 1.67. The number of thioether (sulfide) groups is 1. The van der Waals surface area contributed by atoms with Gasteiger partial charge in [0.1, 0.15) is 0 Å². The zero-order valence-electron chi connectivity index (χ0n) is 9.75. The number of Topliss-reactive ketones (excluding diaryl/α,β-unsaturated/α-hetero) is 1. The van der Waals surface area contributed by atoms with Crippen LogP contribution in [0, 0.1) is 10.1 Å². The van der Waals surface area contributed by atoms with Crippen LogP contribution in [-0.4, -0.2) is 22.5 Å². The van der Waals surface area contributed by atoms with E-state index < -0.39 is 4.92 Å². The zero-order chi connectivity index (χ0) is 13.1. The molecule has 1 N–H and O–H groups in total. The summed E-state index contributed by atoms with van der Waals surface area (Å²) in [4.78, 5) is 22.5. The number of ketones is 1. The van der Waals surface area contributed by atoms with Crippen molar-refractivity contribution < 1.29 is 9.72 Å². The van der Waals surface area contributed by atoms with Gasteiger partial charge in [-0.05, 0) is 13.0 Å². The molecule has 2 rings (SSSR count). The van der Waals surface area contributed by atoms with Gasteiger partial charge in [0.05, 0.1) is 16.5 Å². The second-order valence-corrected chi connectivity index (χ2v) is 4.99. The summed E-state index contributed by atoms with van der Waals surface area (Å²) in [6.45, 7) is 1.53. The zero-order valence-corrected chi connectivity index (χ0v) is 10.6. The largest absolute Gasteiger partial charge is 0.380 e. The lowest BCUT2D eigenvalue weighted by molar-refractivity contribution is -0.385. The molecule has 18 heavy (non-hydrogen) atoms. The van der Waals surface area contributed by atoms with Crippen LogP contribution in [0.1, 0.15) is 12.5 Å². The van der Waals surface area contributed by atoms with E-state index in [1.54, 1.807) is 24.4 Å². The number of hydrogen-bond donors (Lipinski definition) is 1. The van der Waals surface area contributed by atoms with E-state index in [9.17, 15) is 14.9 Å². The van der Waals surface area contributed by atoms with Crippen molar-refractivity contribution >= 4 is 28.1 Å². The summed E-state index contributed by atoms with van der Waals surface area (Å²) in [5.41, 5.74) is 0.668. The lowest BCUT2D eigenvalue weighted by Gasteiger charge is -2.21. The minimum Gasteiger partial charge on any atom is -0.380 e. The third-order valence-electron chi connectivity index (χ3n) is 2.68. The SMILES string of the molecule is CC(=O)C1CSC(c2ccccc2[N+](=O)[O-])=CN1. The summed E-state index contributed by atoms with van der Waals surface area (Å²) in [7, 11) is 0. The van der Waals surface area contributed by atoms with E-state index in [1.165, 1.54) is 24.8 Å². The van der Waals surface area contributed by atoms with Crippen LogP contribution in [0.2, 0.25) is 0 Å². The highest BCUT2D eigenvalue weighted by molar-refractivity contribution is 8.08. The summed E-state index contributed by atoms with van der Waals surface area (Å²) in [6.07, 6.45) is 1.68. The van der Waals surface area contributed by atoms with E-state index in [0.29, 0.717) is 11.3 Å². The molecule has 1 aromatic carbocycles. The van der Waals surface area contributed by atoms with Gasteiger partial charge in [-0.2, -0.15) is 0 Å². The number of rotatable bonds is 3. The standard InChI is InChI=1S/C12H12N2O3S/c1-8(15)10-7-18-12(6-13-10)9-4-2-3-5-11(9)14(16)17/h2-6,10,13H,7H2,1H3. The molecule has 0 fully saturated rings. The van der Waals surface area contributed by atoms with Crippen molar-refractivity contribution in [2.24, 2.45) is 0 Å². The first kappa shape index (κ1) is 12.6. The first-order valence-electron chi connectivity index (χ1n) is 5.43. The molecular formula is C12H12N2O3S. The van der Waals surface area contributed by atoms with Crippen molar-refractivity contribution in [1.29, 1.82) is 0 Å². The van der Waals surface area contributed by atoms with Crippen LogP contribution in [0.15, 0.2) is 30.5 Å². The van der Waals surface area contributed by atoms with Crippen LogP contribution >= 0.6 is 11.8 Å². The van der Waals surface area contributed by atoms with E-state index in [4.69, 9.17) is 0 Å². The molecule has 1 aromatic rings. The number of nitro benzene ring substituents is 1. The maximum absolute atomic E-state index is 11.2. The Morgan fingerprint density at radius 3 is 2.78 bits per heavy atom. The van der Waals surface area contributed by atoms with E-state index in [1.807, 2.05) is 0 Å². The lowest BCUT2D eigenvalue weighted by atomic mass is 10.1. The molecule has 6 heteroatoms. The number of hydrogen-bond acceptors (Lipinski definition) is 5. The summed E-state index contributed by atoms with van der Waals surface area (Å²) in [5, 5.41) is 13.9. The first-order chi connectivity index (χ1) is 8.59. The number of benzene rings is 1. The molecule has 0 aliphatic carbocycles. The van der Waals surface area contributed by atoms with Gasteiger partial charge in [0.15, 0.2) is 5.78 Å². The van der Waals surface area contributed by atoms with Crippen LogP contribution < -0.4 is 5.32 Å². The molecule has 0 aromatic heterocycles. The van der Waals surface area contributed by atoms with Gasteiger partial charge in [-0.15, -0.1) is 11.8 Å². The number of nitrogens with zero attached hydrogens (tertiary/aromatic N) is 1. The maximum atomic E-state index is 11.2. The van der Waals surface area contributed by atoms with Gasteiger partial charge in [-0.25, -0.2) is 0 Å². The smallest absolute Gasteiger partial charge is 0.277 e. The molecule has 94 valence electrons. The van der Waals surface area contributed by atoms with Crippen molar-refractivity contribution in [3.63, 3.8) is 0 Å². The van der Waals surface area contributed by atoms with Crippen molar-refractivity contribution in [3.05, 3.63) is 46.1 Å². The Kier molecular flexibility index (Phi) is 3.66. The Bertz CT molecular complexity index is 528. The van der Waals surface area contributed by atoms with Gasteiger partial charge >= 0.3 is 0 Å². The van der Waals surface area contributed by atoms with Crippen molar-refractivity contribution in [2.45, 2.75) is 13.0 Å². The van der Waals surface area contributed by atoms with E-state index in [0.717, 1.165) is 4.91 Å². The molecule has 1 aliphatic heterocycles. The number of carbonyl (C=O) groups is 1. The molecule has 0 saturated carbocycles. The second kappa shape index (κ2) is 5.22. The monoisotopic (exact) mass is 264 g/mol. The number of nitro groups is 1. The molecule has 0 saturated heterocycles. The fourth-order valence-corrected chi connectivity index (χ4v) is 2.83. The predicted octanol–water partition coefficient (Wildman–Crippen LogP) is 2.19. The van der Waals surface area contributed by atoms with Crippen LogP contribution in [0.25, 0.3) is 4.91 Å². The molecule has 1 atom stereocenters. The van der Waals surface area contributed by atoms with Crippen molar-refractivity contribution in [2.75, 3.05) is 5.75 Å². The van der Waals surface area contributed by atoms with Crippen LogP contribution in [0.3, 0.4) is 0 Å². The molecule has 0 amide bonds. The molecular weight excluding hydrogens is 252 g/mol. The van der Waals surface area contributed by atoms with Gasteiger partial charge < -0.3 is 5.32 Å². The Morgan fingerprint density at radius 2 is 2.22 bits per heavy atom. The topological polar surface area (TPSA) is 72.2 Å². The number of carbonyl (C=O) groups excluding carboxylic acids is 1. The highest BCUT2D eigenvalue weighted by Crippen LogP contribution is 2.35. The summed E-state index contributed by atoms with van der Waals surface area (Å²) >= 11 is 1.46. The molecule has 1 unspecified atom stereocenters. The molecule has 1 aliphatic rings. The third kappa shape index (κ3) is 2.53. The van der Waals surface area contributed by atoms with E-state index in [-0.39, 0.29) is 17.5 Å². The van der Waals surface area contributed by atoms with Gasteiger partial charge in [0, 0.05) is 22.9 Å². The average Bonchev–Trinajstić information content (AvgIpc) is 2.39. The Balaban J connectivity index is 2.29. The quantitative estimate of drug-likeness (QED) is 0.669. The lowest BCUT2D eigenvalue weighted by Crippen LogP contribution is -2.36. The molecule has 1 heterocycles. The van der Waals surface area contributed by atoms with Gasteiger partial charge in [-0.3, -0.25) is 14.9 Å². The number of nitrogens with one attached hydrogen (secondary N) is 1. The minimum atomic E-state index is -0.395. The highest BCUT2D eigenvalue weighted by atomic mass is 32.2. The highest BCUT2D eigenvalue weighted by Gasteiger charge is 2.23. The van der Waals surface area contributed by atoms with Crippen LogP contribution in [0.4, 0.5) is 5.69 Å². The van der Waals surface area contributed by atoms with Crippen LogP contribution in [0.5, 0.6) is 0 Å². The number of para-hydroxylation sites is 1. The molecule has 0 spiro atoms. The summed E-state index contributed by atoms with van der Waals surface area (Å²) < 4.78 is 0. The normalized spacial score (nSPS) is 18.7. The van der Waals surface area contributed by atoms with Gasteiger partial charge in [-0.1, -0.05) is 12.1 Å². The Hall–Kier alpha value is -1.82. The van der Waals surface area contributed by atoms with Gasteiger partial charge in [0.25, 0.3) is 5.69 Å². The molecule has 0 bridgehead atoms. The Labute approximate surface area is 108 Å². The third-order valence-corrected chi connectivity index (χ3v) is 3.83. The molecule has 0 radical (unpaired) electrons. The van der Waals surface area contributed by atoms with E-state index in [2.05, 4.69) is 5.32 Å². The first-order valence-corrected chi connectivity index (χ1v) is 6.41. The fraction of sp³-hybridized carbons (Fsp3) is 0.250. The van der Waals surface area contributed by atoms with E-state index >= 15 is 0 Å². The van der Waals surface area contributed by atoms with Gasteiger partial charge in [0.2, 0.25) is 0 Å². The molecule has 5 nitrogen and oxygen atoms in total. The second-order valence-electron chi connectivity index (χ2n) is 3.92.